The molecular weight excluding hydrogens is 326 g/mol. The third kappa shape index (κ3) is 3.67. The van der Waals surface area contributed by atoms with E-state index in [1.54, 1.807) is 19.9 Å². The number of fused-ring (bicyclic) bond motifs is 1. The zero-order valence-electron chi connectivity index (χ0n) is 12.2. The molecule has 0 saturated carbocycles. The van der Waals surface area contributed by atoms with Gasteiger partial charge in [-0.15, -0.1) is 0 Å². The predicted molar refractivity (Wildman–Crippen MR) is 87.3 cm³/mol. The minimum atomic E-state index is -1.55. The van der Waals surface area contributed by atoms with E-state index >= 15 is 0 Å². The molecule has 3 N–H and O–H groups in total. The topological polar surface area (TPSA) is 112 Å². The Kier molecular flexibility index (Phi) is 4.91. The molecule has 0 aliphatic rings. The summed E-state index contributed by atoms with van der Waals surface area (Å²) in [5, 5.41) is 6.38. The molecule has 0 aliphatic heterocycles. The van der Waals surface area contributed by atoms with Crippen LogP contribution in [0.1, 0.15) is 37.0 Å². The summed E-state index contributed by atoms with van der Waals surface area (Å²) in [6.07, 6.45) is 1.82. The largest absolute Gasteiger partial charge is 0.598 e. The van der Waals surface area contributed by atoms with Crippen molar-refractivity contribution in [3.63, 3.8) is 0 Å². The number of nitrogens with two attached hydrogens (primary N) is 1. The zero-order chi connectivity index (χ0) is 16.5. The van der Waals surface area contributed by atoms with Gasteiger partial charge in [0.1, 0.15) is 10.4 Å². The maximum absolute atomic E-state index is 12.3. The van der Waals surface area contributed by atoms with Gasteiger partial charge in [-0.25, -0.2) is 4.98 Å². The van der Waals surface area contributed by atoms with Gasteiger partial charge in [-0.3, -0.25) is 9.59 Å². The number of pyridine rings is 2. The maximum Gasteiger partial charge on any atom is 0.260 e. The van der Waals surface area contributed by atoms with Crippen LogP contribution in [0.2, 0.25) is 5.02 Å². The molecule has 0 amide bonds. The lowest BCUT2D eigenvalue weighted by Crippen LogP contribution is -2.38. The molecule has 0 aliphatic carbocycles. The van der Waals surface area contributed by atoms with E-state index in [0.29, 0.717) is 22.5 Å². The number of carbonyl (C=O) groups is 1. The van der Waals surface area contributed by atoms with Crippen LogP contribution in [-0.4, -0.2) is 25.1 Å². The first-order valence-electron chi connectivity index (χ1n) is 6.59. The number of nitrogens with one attached hydrogen (secondary N) is 1. The lowest BCUT2D eigenvalue weighted by Gasteiger charge is -2.23. The fraction of sp³-hybridized carbons (Fsp3) is 0.357. The van der Waals surface area contributed by atoms with E-state index in [1.807, 2.05) is 0 Å². The minimum Gasteiger partial charge on any atom is -0.598 e. The number of hydrogen-bond acceptors (Lipinski definition) is 5. The number of H-pyrrole nitrogens is 1. The number of carbonyl (C=O) groups excluding carboxylic acids is 1. The highest BCUT2D eigenvalue weighted by molar-refractivity contribution is 7.90. The van der Waals surface area contributed by atoms with Crippen LogP contribution in [0.3, 0.4) is 0 Å². The second-order valence-corrected chi connectivity index (χ2v) is 7.72. The molecule has 22 heavy (non-hydrogen) atoms. The number of nitrogens with zero attached hydrogens (tertiary/aromatic N) is 1. The van der Waals surface area contributed by atoms with E-state index in [2.05, 4.69) is 9.97 Å². The van der Waals surface area contributed by atoms with Crippen molar-refractivity contribution in [2.45, 2.75) is 31.4 Å². The summed E-state index contributed by atoms with van der Waals surface area (Å²) in [5.41, 5.74) is -0.0940. The molecule has 8 heteroatoms. The van der Waals surface area contributed by atoms with Gasteiger partial charge < -0.3 is 9.54 Å². The molecule has 1 atom stereocenters. The van der Waals surface area contributed by atoms with Gasteiger partial charge in [0.05, 0.1) is 10.6 Å². The number of aromatic nitrogens is 2. The minimum absolute atomic E-state index is 0.0372. The van der Waals surface area contributed by atoms with E-state index < -0.39 is 21.7 Å². The van der Waals surface area contributed by atoms with Crippen molar-refractivity contribution in [2.75, 3.05) is 0 Å². The zero-order valence-corrected chi connectivity index (χ0v) is 13.8. The number of aromatic amines is 1. The molecule has 0 spiro atoms. The fourth-order valence-electron chi connectivity index (χ4n) is 1.92. The van der Waals surface area contributed by atoms with E-state index in [0.717, 1.165) is 0 Å². The van der Waals surface area contributed by atoms with E-state index in [1.165, 1.54) is 12.3 Å². The van der Waals surface area contributed by atoms with Gasteiger partial charge in [0.2, 0.25) is 0 Å². The van der Waals surface area contributed by atoms with Gasteiger partial charge in [-0.1, -0.05) is 11.6 Å². The van der Waals surface area contributed by atoms with Crippen molar-refractivity contribution >= 4 is 39.8 Å². The van der Waals surface area contributed by atoms with Gasteiger partial charge in [-0.2, -0.15) is 5.14 Å². The van der Waals surface area contributed by atoms with Crippen LogP contribution in [0, 0.1) is 0 Å². The van der Waals surface area contributed by atoms with Crippen LogP contribution >= 0.6 is 11.6 Å². The van der Waals surface area contributed by atoms with Crippen molar-refractivity contribution in [3.05, 3.63) is 39.3 Å². The van der Waals surface area contributed by atoms with E-state index in [9.17, 15) is 14.1 Å². The van der Waals surface area contributed by atoms with Crippen LogP contribution in [0.4, 0.5) is 0 Å². The Labute approximate surface area is 135 Å². The monoisotopic (exact) mass is 341 g/mol. The van der Waals surface area contributed by atoms with Crippen molar-refractivity contribution in [1.29, 1.82) is 0 Å². The van der Waals surface area contributed by atoms with Crippen LogP contribution in [0.25, 0.3) is 11.0 Å². The van der Waals surface area contributed by atoms with Crippen molar-refractivity contribution in [2.24, 2.45) is 5.14 Å². The molecule has 2 aromatic heterocycles. The van der Waals surface area contributed by atoms with Gasteiger partial charge in [-0.05, 0) is 26.0 Å². The summed E-state index contributed by atoms with van der Waals surface area (Å²) in [5.74, 6) is -0.332. The summed E-state index contributed by atoms with van der Waals surface area (Å²) < 4.78 is 10.7. The summed E-state index contributed by atoms with van der Waals surface area (Å²) >= 11 is 4.31. The van der Waals surface area contributed by atoms with Crippen molar-refractivity contribution in [3.8, 4) is 0 Å². The number of rotatable bonds is 5. The third-order valence-corrected chi connectivity index (χ3v) is 4.96. The molecule has 0 fully saturated rings. The van der Waals surface area contributed by atoms with Crippen LogP contribution in [-0.2, 0) is 11.4 Å². The second-order valence-electron chi connectivity index (χ2n) is 5.58. The number of ketones is 1. The smallest absolute Gasteiger partial charge is 0.260 e. The highest BCUT2D eigenvalue weighted by atomic mass is 35.5. The molecule has 2 heterocycles. The summed E-state index contributed by atoms with van der Waals surface area (Å²) in [6.45, 7) is 3.43. The Bertz CT molecular complexity index is 774. The van der Waals surface area contributed by atoms with Crippen molar-refractivity contribution < 1.29 is 9.35 Å². The number of halogens is 1. The van der Waals surface area contributed by atoms with Gasteiger partial charge in [0.15, 0.2) is 5.78 Å². The first-order valence-corrected chi connectivity index (χ1v) is 8.18. The molecule has 0 bridgehead atoms. The fourth-order valence-corrected chi connectivity index (χ4v) is 2.39. The van der Waals surface area contributed by atoms with Crippen LogP contribution in [0.15, 0.2) is 23.1 Å². The molecule has 0 radical (unpaired) electrons. The van der Waals surface area contributed by atoms with Gasteiger partial charge in [0.25, 0.3) is 5.56 Å². The molecule has 2 aromatic rings. The molecule has 2 rings (SSSR count). The highest BCUT2D eigenvalue weighted by Crippen LogP contribution is 2.21. The van der Waals surface area contributed by atoms with Gasteiger partial charge in [0, 0.05) is 35.8 Å². The van der Waals surface area contributed by atoms with E-state index in [-0.39, 0.29) is 17.8 Å². The van der Waals surface area contributed by atoms with Crippen LogP contribution in [0.5, 0.6) is 0 Å². The van der Waals surface area contributed by atoms with Crippen LogP contribution < -0.4 is 10.7 Å². The Morgan fingerprint density at radius 2 is 2.18 bits per heavy atom. The second kappa shape index (κ2) is 6.37. The average Bonchev–Trinajstić information content (AvgIpc) is 2.44. The third-order valence-electron chi connectivity index (χ3n) is 3.46. The molecule has 6 nitrogen and oxygen atoms in total. The standard InChI is InChI=1S/C14H16ClN3O3S/c1-14(2,22(16)21)4-3-11(19)10-6-8-5-9(15)7-17-12(8)18-13(10)20/h5-7H,3-4,16H2,1-2H3,(H,17,18,20). The first-order chi connectivity index (χ1) is 10.2. The Morgan fingerprint density at radius 3 is 2.82 bits per heavy atom. The highest BCUT2D eigenvalue weighted by Gasteiger charge is 2.30. The Balaban J connectivity index is 2.28. The summed E-state index contributed by atoms with van der Waals surface area (Å²) in [4.78, 5) is 30.8. The predicted octanol–water partition coefficient (Wildman–Crippen LogP) is 1.94. The SMILES string of the molecule is CC(C)(CCC(=O)c1cc2cc(Cl)cnc2[nH]c1=O)[S+](N)[O-]. The molecule has 0 saturated heterocycles. The summed E-state index contributed by atoms with van der Waals surface area (Å²) in [6, 6.07) is 3.09. The van der Waals surface area contributed by atoms with Gasteiger partial charge >= 0.3 is 0 Å². The lowest BCUT2D eigenvalue weighted by molar-refractivity contribution is 0.0975. The van der Waals surface area contributed by atoms with Crippen molar-refractivity contribution in [1.82, 2.24) is 9.97 Å². The Hall–Kier alpha value is -1.41. The quantitative estimate of drug-likeness (QED) is 0.637. The average molecular weight is 342 g/mol. The lowest BCUT2D eigenvalue weighted by atomic mass is 10.0. The molecule has 1 unspecified atom stereocenters. The maximum atomic E-state index is 12.3. The molecular formula is C14H16ClN3O3S. The first kappa shape index (κ1) is 17.0. The molecule has 0 aromatic carbocycles. The number of Topliss-reactive ketones (excluding diaryl/α,β-unsaturated/α-hetero) is 1. The normalized spacial score (nSPS) is 13.3. The Morgan fingerprint density at radius 1 is 1.50 bits per heavy atom. The molecule has 118 valence electrons. The van der Waals surface area contributed by atoms with E-state index in [4.69, 9.17) is 16.7 Å². The number of hydrogen-bond donors (Lipinski definition) is 2. The summed E-state index contributed by atoms with van der Waals surface area (Å²) in [7, 11) is 0.